The van der Waals surface area contributed by atoms with Gasteiger partial charge < -0.3 is 19.7 Å². The minimum atomic E-state index is -5.06. The van der Waals surface area contributed by atoms with Crippen LogP contribution < -0.4 is 10.1 Å². The van der Waals surface area contributed by atoms with Crippen LogP contribution in [0.4, 0.5) is 18.9 Å². The third kappa shape index (κ3) is 3.19. The largest absolute Gasteiger partial charge is 0.493 e. The Bertz CT molecular complexity index is 803. The van der Waals surface area contributed by atoms with Crippen molar-refractivity contribution in [3.8, 4) is 5.75 Å². The molecular formula is C16H16F3N3O3. The lowest BCUT2D eigenvalue weighted by atomic mass is 9.97. The van der Waals surface area contributed by atoms with Gasteiger partial charge in [0.2, 0.25) is 11.5 Å². The SMILES string of the molecule is Cn1ccnc1C(O)(CC(=O)Nc1ccc2c(c1)CCO2)C(F)(F)F. The standard InChI is InChI=1S/C16H16F3N3O3/c1-22-6-5-20-14(22)15(24,16(17,18)19)9-13(23)21-11-2-3-12-10(8-11)4-7-25-12/h2-3,5-6,8,24H,4,7,9H2,1H3,(H,21,23). The van der Waals surface area contributed by atoms with Gasteiger partial charge in [0.1, 0.15) is 5.75 Å². The van der Waals surface area contributed by atoms with E-state index in [9.17, 15) is 23.1 Å². The summed E-state index contributed by atoms with van der Waals surface area (Å²) in [5.74, 6) is -0.919. The summed E-state index contributed by atoms with van der Waals surface area (Å²) in [5.41, 5.74) is -2.17. The molecule has 2 heterocycles. The molecule has 9 heteroatoms. The van der Waals surface area contributed by atoms with Crippen LogP contribution in [0.25, 0.3) is 0 Å². The molecule has 1 unspecified atom stereocenters. The number of aryl methyl sites for hydroxylation is 1. The van der Waals surface area contributed by atoms with E-state index >= 15 is 0 Å². The van der Waals surface area contributed by atoms with Crippen LogP contribution in [0, 0.1) is 0 Å². The van der Waals surface area contributed by atoms with Crippen LogP contribution >= 0.6 is 0 Å². The average Bonchev–Trinajstić information content (AvgIpc) is 3.13. The number of rotatable bonds is 4. The highest BCUT2D eigenvalue weighted by molar-refractivity contribution is 5.91. The summed E-state index contributed by atoms with van der Waals surface area (Å²) in [5, 5.41) is 12.6. The highest BCUT2D eigenvalue weighted by atomic mass is 19.4. The molecule has 1 amide bonds. The van der Waals surface area contributed by atoms with Gasteiger partial charge in [0.15, 0.2) is 5.82 Å². The molecule has 1 aromatic carbocycles. The summed E-state index contributed by atoms with van der Waals surface area (Å²) in [4.78, 5) is 15.7. The van der Waals surface area contributed by atoms with Gasteiger partial charge in [-0.05, 0) is 23.8 Å². The fraction of sp³-hybridized carbons (Fsp3) is 0.375. The Morgan fingerprint density at radius 1 is 1.44 bits per heavy atom. The molecule has 3 rings (SSSR count). The van der Waals surface area contributed by atoms with E-state index < -0.39 is 29.9 Å². The summed E-state index contributed by atoms with van der Waals surface area (Å²) >= 11 is 0. The molecule has 0 spiro atoms. The van der Waals surface area contributed by atoms with Crippen molar-refractivity contribution >= 4 is 11.6 Å². The van der Waals surface area contributed by atoms with E-state index in [1.807, 2.05) is 0 Å². The number of ether oxygens (including phenoxy) is 1. The maximum absolute atomic E-state index is 13.4. The second-order valence-electron chi connectivity index (χ2n) is 5.87. The van der Waals surface area contributed by atoms with E-state index in [0.29, 0.717) is 24.5 Å². The topological polar surface area (TPSA) is 76.4 Å². The first-order valence-electron chi connectivity index (χ1n) is 7.53. The van der Waals surface area contributed by atoms with Crippen LogP contribution in [0.2, 0.25) is 0 Å². The second kappa shape index (κ2) is 6.07. The number of fused-ring (bicyclic) bond motifs is 1. The Kier molecular flexibility index (Phi) is 4.19. The summed E-state index contributed by atoms with van der Waals surface area (Å²) < 4.78 is 46.6. The molecule has 0 radical (unpaired) electrons. The molecule has 25 heavy (non-hydrogen) atoms. The molecule has 1 atom stereocenters. The normalized spacial score (nSPS) is 16.0. The van der Waals surface area contributed by atoms with Crippen LogP contribution in [-0.4, -0.2) is 33.3 Å². The first-order chi connectivity index (χ1) is 11.7. The second-order valence-corrected chi connectivity index (χ2v) is 5.87. The predicted molar refractivity (Wildman–Crippen MR) is 82.0 cm³/mol. The highest BCUT2D eigenvalue weighted by Gasteiger charge is 2.58. The summed E-state index contributed by atoms with van der Waals surface area (Å²) in [6.45, 7) is 0.527. The van der Waals surface area contributed by atoms with E-state index in [-0.39, 0.29) is 0 Å². The number of nitrogens with zero attached hydrogens (tertiary/aromatic N) is 2. The minimum Gasteiger partial charge on any atom is -0.493 e. The van der Waals surface area contributed by atoms with Crippen LogP contribution in [0.1, 0.15) is 17.8 Å². The number of aromatic nitrogens is 2. The van der Waals surface area contributed by atoms with E-state index in [2.05, 4.69) is 10.3 Å². The maximum atomic E-state index is 13.4. The molecule has 1 aliphatic rings. The highest BCUT2D eigenvalue weighted by Crippen LogP contribution is 2.41. The summed E-state index contributed by atoms with van der Waals surface area (Å²) in [6, 6.07) is 4.83. The van der Waals surface area contributed by atoms with Crippen molar-refractivity contribution in [1.29, 1.82) is 0 Å². The van der Waals surface area contributed by atoms with Crippen LogP contribution in [0.3, 0.4) is 0 Å². The van der Waals surface area contributed by atoms with Gasteiger partial charge in [-0.25, -0.2) is 4.98 Å². The third-order valence-corrected chi connectivity index (χ3v) is 4.05. The monoisotopic (exact) mass is 355 g/mol. The maximum Gasteiger partial charge on any atom is 0.425 e. The lowest BCUT2D eigenvalue weighted by molar-refractivity contribution is -0.270. The first-order valence-corrected chi connectivity index (χ1v) is 7.53. The van der Waals surface area contributed by atoms with Crippen molar-refractivity contribution in [2.45, 2.75) is 24.6 Å². The number of hydrogen-bond acceptors (Lipinski definition) is 4. The van der Waals surface area contributed by atoms with Crippen LogP contribution in [0.15, 0.2) is 30.6 Å². The van der Waals surface area contributed by atoms with Crippen molar-refractivity contribution < 1.29 is 27.8 Å². The summed E-state index contributed by atoms with van der Waals surface area (Å²) in [7, 11) is 1.32. The van der Waals surface area contributed by atoms with Crippen LogP contribution in [-0.2, 0) is 23.9 Å². The van der Waals surface area contributed by atoms with Gasteiger partial charge in [0.05, 0.1) is 13.0 Å². The van der Waals surface area contributed by atoms with Crippen molar-refractivity contribution in [3.63, 3.8) is 0 Å². The Morgan fingerprint density at radius 2 is 2.20 bits per heavy atom. The van der Waals surface area contributed by atoms with Gasteiger partial charge in [-0.15, -0.1) is 0 Å². The molecule has 0 saturated heterocycles. The lowest BCUT2D eigenvalue weighted by Crippen LogP contribution is -2.46. The molecule has 0 saturated carbocycles. The predicted octanol–water partition coefficient (Wildman–Crippen LogP) is 2.13. The molecule has 0 aliphatic carbocycles. The molecule has 2 N–H and O–H groups in total. The number of aliphatic hydroxyl groups is 1. The number of halogens is 3. The zero-order valence-corrected chi connectivity index (χ0v) is 13.3. The molecule has 1 aliphatic heterocycles. The lowest BCUT2D eigenvalue weighted by Gasteiger charge is -2.29. The number of hydrogen-bond donors (Lipinski definition) is 2. The number of nitrogens with one attached hydrogen (secondary N) is 1. The van der Waals surface area contributed by atoms with Crippen molar-refractivity contribution in [2.75, 3.05) is 11.9 Å². The molecule has 0 bridgehead atoms. The number of amides is 1. The van der Waals surface area contributed by atoms with E-state index in [1.165, 1.54) is 19.3 Å². The number of anilines is 1. The van der Waals surface area contributed by atoms with E-state index in [1.54, 1.807) is 12.1 Å². The molecule has 0 fully saturated rings. The van der Waals surface area contributed by atoms with E-state index in [4.69, 9.17) is 4.74 Å². The van der Waals surface area contributed by atoms with Crippen molar-refractivity contribution in [2.24, 2.45) is 7.05 Å². The molecular weight excluding hydrogens is 339 g/mol. The van der Waals surface area contributed by atoms with Gasteiger partial charge in [-0.1, -0.05) is 0 Å². The zero-order chi connectivity index (χ0) is 18.2. The minimum absolute atomic E-state index is 0.346. The molecule has 1 aromatic heterocycles. The first kappa shape index (κ1) is 17.3. The fourth-order valence-corrected chi connectivity index (χ4v) is 2.77. The number of alkyl halides is 3. The van der Waals surface area contributed by atoms with Gasteiger partial charge in [-0.3, -0.25) is 4.79 Å². The van der Waals surface area contributed by atoms with Crippen molar-refractivity contribution in [1.82, 2.24) is 9.55 Å². The number of carbonyl (C=O) groups is 1. The smallest absolute Gasteiger partial charge is 0.425 e. The quantitative estimate of drug-likeness (QED) is 0.881. The Balaban J connectivity index is 1.81. The van der Waals surface area contributed by atoms with Gasteiger partial charge in [-0.2, -0.15) is 13.2 Å². The Morgan fingerprint density at radius 3 is 2.84 bits per heavy atom. The average molecular weight is 355 g/mol. The Hall–Kier alpha value is -2.55. The van der Waals surface area contributed by atoms with Gasteiger partial charge in [0, 0.05) is 31.5 Å². The van der Waals surface area contributed by atoms with Gasteiger partial charge in [0.25, 0.3) is 0 Å². The summed E-state index contributed by atoms with van der Waals surface area (Å²) in [6.07, 6.45) is -3.20. The number of imidazole rings is 1. The van der Waals surface area contributed by atoms with E-state index in [0.717, 1.165) is 16.3 Å². The molecule has 134 valence electrons. The Labute approximate surface area is 141 Å². The van der Waals surface area contributed by atoms with Crippen molar-refractivity contribution in [3.05, 3.63) is 42.0 Å². The number of benzene rings is 1. The van der Waals surface area contributed by atoms with Crippen LogP contribution in [0.5, 0.6) is 5.75 Å². The van der Waals surface area contributed by atoms with Gasteiger partial charge >= 0.3 is 6.18 Å². The molecule has 6 nitrogen and oxygen atoms in total. The molecule has 2 aromatic rings. The fourth-order valence-electron chi connectivity index (χ4n) is 2.77. The number of carbonyl (C=O) groups excluding carboxylic acids is 1. The zero-order valence-electron chi connectivity index (χ0n) is 13.3. The third-order valence-electron chi connectivity index (χ3n) is 4.05.